The zero-order chi connectivity index (χ0) is 13.7. The summed E-state index contributed by atoms with van der Waals surface area (Å²) in [6.45, 7) is 5.90. The number of hydrogen-bond donors (Lipinski definition) is 2. The molecule has 5 heteroatoms. The minimum Gasteiger partial charge on any atom is -0.353 e. The molecule has 0 fully saturated rings. The lowest BCUT2D eigenvalue weighted by Gasteiger charge is -2.16. The normalized spacial score (nSPS) is 12.6. The third-order valence-corrected chi connectivity index (χ3v) is 2.80. The van der Waals surface area contributed by atoms with Gasteiger partial charge in [0.1, 0.15) is 5.82 Å². The lowest BCUT2D eigenvalue weighted by atomic mass is 10.2. The predicted molar refractivity (Wildman–Crippen MR) is 71.0 cm³/mol. The molecule has 3 nitrogen and oxygen atoms in total. The van der Waals surface area contributed by atoms with E-state index in [9.17, 15) is 9.18 Å². The average molecular weight is 273 g/mol. The van der Waals surface area contributed by atoms with Crippen LogP contribution < -0.4 is 10.6 Å². The van der Waals surface area contributed by atoms with Crippen LogP contribution in [0.1, 0.15) is 26.3 Å². The number of carbonyl (C=O) groups is 1. The molecule has 1 rings (SSSR count). The number of carbonyl (C=O) groups excluding carboxylic acids is 1. The fourth-order valence-electron chi connectivity index (χ4n) is 1.44. The smallest absolute Gasteiger partial charge is 0.237 e. The summed E-state index contributed by atoms with van der Waals surface area (Å²) in [5.74, 6) is -0.423. The van der Waals surface area contributed by atoms with Crippen LogP contribution in [0.25, 0.3) is 0 Å². The first-order valence-electron chi connectivity index (χ1n) is 5.88. The molecule has 0 aliphatic carbocycles. The highest BCUT2D eigenvalue weighted by atomic mass is 35.5. The van der Waals surface area contributed by atoms with Gasteiger partial charge >= 0.3 is 0 Å². The van der Waals surface area contributed by atoms with E-state index in [0.717, 1.165) is 0 Å². The number of nitrogens with one attached hydrogen (secondary N) is 2. The molecule has 1 unspecified atom stereocenters. The van der Waals surface area contributed by atoms with Crippen LogP contribution in [0.2, 0.25) is 5.02 Å². The summed E-state index contributed by atoms with van der Waals surface area (Å²) in [6.07, 6.45) is 0. The quantitative estimate of drug-likeness (QED) is 0.865. The van der Waals surface area contributed by atoms with Crippen LogP contribution >= 0.6 is 11.6 Å². The van der Waals surface area contributed by atoms with Crippen molar-refractivity contribution in [1.82, 2.24) is 10.6 Å². The Balaban J connectivity index is 2.54. The number of hydrogen-bond acceptors (Lipinski definition) is 2. The van der Waals surface area contributed by atoms with E-state index < -0.39 is 0 Å². The first-order chi connectivity index (χ1) is 8.40. The highest BCUT2D eigenvalue weighted by Crippen LogP contribution is 2.16. The van der Waals surface area contributed by atoms with E-state index in [1.54, 1.807) is 6.92 Å². The molecule has 0 aromatic heterocycles. The van der Waals surface area contributed by atoms with Crippen LogP contribution in [0.5, 0.6) is 0 Å². The van der Waals surface area contributed by atoms with Crippen molar-refractivity contribution in [1.29, 1.82) is 0 Å². The maximum absolute atomic E-state index is 13.0. The van der Waals surface area contributed by atoms with Crippen molar-refractivity contribution in [3.63, 3.8) is 0 Å². The van der Waals surface area contributed by atoms with Gasteiger partial charge in [-0.25, -0.2) is 4.39 Å². The van der Waals surface area contributed by atoms with E-state index in [0.29, 0.717) is 17.1 Å². The molecule has 2 N–H and O–H groups in total. The number of benzene rings is 1. The Labute approximate surface area is 112 Å². The molecular formula is C13H18ClFN2O. The molecule has 18 heavy (non-hydrogen) atoms. The van der Waals surface area contributed by atoms with Gasteiger partial charge in [-0.1, -0.05) is 11.6 Å². The first kappa shape index (κ1) is 14.9. The standard InChI is InChI=1S/C13H18ClFN2O/c1-8(2)17-13(18)9(3)16-7-10-6-11(15)4-5-12(10)14/h4-6,8-9,16H,7H2,1-3H3,(H,17,18). The molecule has 0 spiro atoms. The topological polar surface area (TPSA) is 41.1 Å². The van der Waals surface area contributed by atoms with Gasteiger partial charge in [0.15, 0.2) is 0 Å². The summed E-state index contributed by atoms with van der Waals surface area (Å²) in [6, 6.07) is 3.92. The van der Waals surface area contributed by atoms with Gasteiger partial charge in [0.2, 0.25) is 5.91 Å². The van der Waals surface area contributed by atoms with Gasteiger partial charge in [-0.3, -0.25) is 4.79 Å². The Morgan fingerprint density at radius 3 is 2.67 bits per heavy atom. The SMILES string of the molecule is CC(C)NC(=O)C(C)NCc1cc(F)ccc1Cl. The summed E-state index contributed by atoms with van der Waals surface area (Å²) in [4.78, 5) is 11.6. The minimum absolute atomic E-state index is 0.0856. The van der Waals surface area contributed by atoms with Gasteiger partial charge in [0, 0.05) is 17.6 Å². The molecule has 1 aromatic rings. The van der Waals surface area contributed by atoms with Crippen LogP contribution in [-0.4, -0.2) is 18.0 Å². The number of amides is 1. The van der Waals surface area contributed by atoms with Crippen LogP contribution in [0.4, 0.5) is 4.39 Å². The molecular weight excluding hydrogens is 255 g/mol. The third kappa shape index (κ3) is 4.63. The van der Waals surface area contributed by atoms with Gasteiger partial charge in [-0.2, -0.15) is 0 Å². The Kier molecular flexibility index (Phi) is 5.56. The second-order valence-electron chi connectivity index (χ2n) is 4.50. The maximum Gasteiger partial charge on any atom is 0.237 e. The Hall–Kier alpha value is -1.13. The van der Waals surface area contributed by atoms with Crippen molar-refractivity contribution < 1.29 is 9.18 Å². The summed E-state index contributed by atoms with van der Waals surface area (Å²) >= 11 is 5.94. The van der Waals surface area contributed by atoms with E-state index in [1.165, 1.54) is 18.2 Å². The Morgan fingerprint density at radius 1 is 1.39 bits per heavy atom. The highest BCUT2D eigenvalue weighted by Gasteiger charge is 2.13. The van der Waals surface area contributed by atoms with E-state index in [1.807, 2.05) is 13.8 Å². The molecule has 0 saturated carbocycles. The summed E-state index contributed by atoms with van der Waals surface area (Å²) in [7, 11) is 0. The van der Waals surface area contributed by atoms with Gasteiger partial charge in [0.05, 0.1) is 6.04 Å². The van der Waals surface area contributed by atoms with E-state index >= 15 is 0 Å². The predicted octanol–water partition coefficient (Wildman–Crippen LogP) is 2.48. The van der Waals surface area contributed by atoms with Crippen molar-refractivity contribution in [2.75, 3.05) is 0 Å². The molecule has 1 atom stereocenters. The highest BCUT2D eigenvalue weighted by molar-refractivity contribution is 6.31. The van der Waals surface area contributed by atoms with Gasteiger partial charge in [0.25, 0.3) is 0 Å². The van der Waals surface area contributed by atoms with Crippen molar-refractivity contribution in [2.45, 2.75) is 39.4 Å². The zero-order valence-corrected chi connectivity index (χ0v) is 11.5. The van der Waals surface area contributed by atoms with E-state index in [4.69, 9.17) is 11.6 Å². The molecule has 1 aromatic carbocycles. The zero-order valence-electron chi connectivity index (χ0n) is 10.8. The lowest BCUT2D eigenvalue weighted by molar-refractivity contribution is -0.123. The fourth-order valence-corrected chi connectivity index (χ4v) is 1.63. The molecule has 0 aliphatic heterocycles. The summed E-state index contributed by atoms with van der Waals surface area (Å²) in [5.41, 5.74) is 0.640. The number of rotatable bonds is 5. The molecule has 0 heterocycles. The number of halogens is 2. The van der Waals surface area contributed by atoms with Crippen LogP contribution in [0.15, 0.2) is 18.2 Å². The molecule has 0 bridgehead atoms. The average Bonchev–Trinajstić information content (AvgIpc) is 2.29. The van der Waals surface area contributed by atoms with Crippen LogP contribution in [0, 0.1) is 5.82 Å². The van der Waals surface area contributed by atoms with Gasteiger partial charge < -0.3 is 10.6 Å². The van der Waals surface area contributed by atoms with Crippen molar-refractivity contribution >= 4 is 17.5 Å². The Morgan fingerprint density at radius 2 is 2.06 bits per heavy atom. The third-order valence-electron chi connectivity index (χ3n) is 2.43. The molecule has 0 saturated heterocycles. The van der Waals surface area contributed by atoms with E-state index in [2.05, 4.69) is 10.6 Å². The van der Waals surface area contributed by atoms with Crippen molar-refractivity contribution in [3.05, 3.63) is 34.6 Å². The molecule has 0 radical (unpaired) electrons. The largest absolute Gasteiger partial charge is 0.353 e. The van der Waals surface area contributed by atoms with Crippen LogP contribution in [0.3, 0.4) is 0 Å². The molecule has 100 valence electrons. The van der Waals surface area contributed by atoms with Crippen LogP contribution in [-0.2, 0) is 11.3 Å². The fraction of sp³-hybridized carbons (Fsp3) is 0.462. The summed E-state index contributed by atoms with van der Waals surface area (Å²) < 4.78 is 13.0. The first-order valence-corrected chi connectivity index (χ1v) is 6.25. The van der Waals surface area contributed by atoms with Crippen molar-refractivity contribution in [3.8, 4) is 0 Å². The lowest BCUT2D eigenvalue weighted by Crippen LogP contribution is -2.44. The Bertz CT molecular complexity index is 423. The minimum atomic E-state index is -0.355. The monoisotopic (exact) mass is 272 g/mol. The van der Waals surface area contributed by atoms with E-state index in [-0.39, 0.29) is 23.8 Å². The second-order valence-corrected chi connectivity index (χ2v) is 4.91. The van der Waals surface area contributed by atoms with Gasteiger partial charge in [-0.05, 0) is 44.5 Å². The van der Waals surface area contributed by atoms with Gasteiger partial charge in [-0.15, -0.1) is 0 Å². The summed E-state index contributed by atoms with van der Waals surface area (Å²) in [5, 5.41) is 6.29. The second kappa shape index (κ2) is 6.71. The van der Waals surface area contributed by atoms with Crippen molar-refractivity contribution in [2.24, 2.45) is 0 Å². The maximum atomic E-state index is 13.0. The molecule has 0 aliphatic rings. The molecule has 1 amide bonds.